The lowest BCUT2D eigenvalue weighted by molar-refractivity contribution is 0.128. The summed E-state index contributed by atoms with van der Waals surface area (Å²) in [6, 6.07) is 0. The third kappa shape index (κ3) is 4.00. The highest BCUT2D eigenvalue weighted by Crippen LogP contribution is 2.45. The number of hydrogen-bond acceptors (Lipinski definition) is 0. The van der Waals surface area contributed by atoms with Crippen molar-refractivity contribution in [3.05, 3.63) is 0 Å². The molecule has 0 aromatic heterocycles. The third-order valence-electron chi connectivity index (χ3n) is 6.13. The average Bonchev–Trinajstić information content (AvgIpc) is 2.43. The van der Waals surface area contributed by atoms with Crippen LogP contribution >= 0.6 is 0 Å². The fourth-order valence-electron chi connectivity index (χ4n) is 4.40. The molecule has 2 fully saturated rings. The Morgan fingerprint density at radius 3 is 2.22 bits per heavy atom. The molecule has 18 heavy (non-hydrogen) atoms. The highest BCUT2D eigenvalue weighted by Gasteiger charge is 2.32. The molecule has 0 saturated heterocycles. The van der Waals surface area contributed by atoms with Crippen molar-refractivity contribution in [1.82, 2.24) is 0 Å². The fourth-order valence-corrected chi connectivity index (χ4v) is 4.40. The molecule has 2 rings (SSSR count). The van der Waals surface area contributed by atoms with Gasteiger partial charge in [0, 0.05) is 0 Å². The maximum Gasteiger partial charge on any atom is -0.0300 e. The van der Waals surface area contributed by atoms with Gasteiger partial charge in [0.1, 0.15) is 0 Å². The van der Waals surface area contributed by atoms with Crippen LogP contribution in [0.15, 0.2) is 0 Å². The summed E-state index contributed by atoms with van der Waals surface area (Å²) in [5.74, 6) is 2.10. The Kier molecular flexibility index (Phi) is 5.57. The van der Waals surface area contributed by atoms with Gasteiger partial charge >= 0.3 is 0 Å². The molecule has 2 aliphatic rings. The van der Waals surface area contributed by atoms with E-state index in [1.165, 1.54) is 83.5 Å². The largest absolute Gasteiger partial charge is 0.0649 e. The van der Waals surface area contributed by atoms with Crippen molar-refractivity contribution in [3.63, 3.8) is 0 Å². The zero-order chi connectivity index (χ0) is 12.8. The van der Waals surface area contributed by atoms with Gasteiger partial charge in [-0.2, -0.15) is 0 Å². The summed E-state index contributed by atoms with van der Waals surface area (Å²) in [5, 5.41) is 0. The maximum absolute atomic E-state index is 2.45. The molecule has 0 bridgehead atoms. The Hall–Kier alpha value is 0. The molecular formula is C18H34. The van der Waals surface area contributed by atoms with Crippen LogP contribution in [-0.4, -0.2) is 0 Å². The van der Waals surface area contributed by atoms with E-state index in [1.807, 2.05) is 0 Å². The standard InChI is InChI=1S/C18H34/c1-3-18(14-11-16(2)12-15-18)13-7-10-17-8-5-4-6-9-17/h16-17H,3-15H2,1-2H3. The summed E-state index contributed by atoms with van der Waals surface area (Å²) in [7, 11) is 0. The van der Waals surface area contributed by atoms with Crippen molar-refractivity contribution >= 4 is 0 Å². The molecule has 0 atom stereocenters. The molecule has 0 nitrogen and oxygen atoms in total. The van der Waals surface area contributed by atoms with E-state index in [0.29, 0.717) is 0 Å². The second kappa shape index (κ2) is 6.96. The van der Waals surface area contributed by atoms with Crippen LogP contribution in [0, 0.1) is 17.3 Å². The highest BCUT2D eigenvalue weighted by atomic mass is 14.4. The van der Waals surface area contributed by atoms with Crippen LogP contribution in [0.4, 0.5) is 0 Å². The Balaban J connectivity index is 1.69. The minimum absolute atomic E-state index is 0.751. The maximum atomic E-state index is 2.45. The van der Waals surface area contributed by atoms with Gasteiger partial charge in [-0.3, -0.25) is 0 Å². The summed E-state index contributed by atoms with van der Waals surface area (Å²) in [6.07, 6.45) is 19.7. The lowest BCUT2D eigenvalue weighted by Crippen LogP contribution is -2.26. The van der Waals surface area contributed by atoms with Crippen molar-refractivity contribution < 1.29 is 0 Å². The molecule has 0 spiro atoms. The van der Waals surface area contributed by atoms with Crippen LogP contribution in [0.25, 0.3) is 0 Å². The number of hydrogen-bond donors (Lipinski definition) is 0. The molecular weight excluding hydrogens is 216 g/mol. The topological polar surface area (TPSA) is 0 Å². The van der Waals surface area contributed by atoms with Gasteiger partial charge in [0.05, 0.1) is 0 Å². The molecule has 0 aromatic rings. The minimum Gasteiger partial charge on any atom is -0.0649 e. The molecule has 106 valence electrons. The molecule has 0 amide bonds. The first-order valence-corrected chi connectivity index (χ1v) is 8.74. The highest BCUT2D eigenvalue weighted by molar-refractivity contribution is 4.84. The molecule has 0 N–H and O–H groups in total. The van der Waals surface area contributed by atoms with Gasteiger partial charge in [-0.05, 0) is 36.5 Å². The van der Waals surface area contributed by atoms with Gasteiger partial charge < -0.3 is 0 Å². The summed E-state index contributed by atoms with van der Waals surface area (Å²) in [4.78, 5) is 0. The van der Waals surface area contributed by atoms with Crippen molar-refractivity contribution in [2.45, 2.75) is 97.3 Å². The Labute approximate surface area is 115 Å². The van der Waals surface area contributed by atoms with Crippen LogP contribution in [0.3, 0.4) is 0 Å². The predicted molar refractivity (Wildman–Crippen MR) is 80.8 cm³/mol. The summed E-state index contributed by atoms with van der Waals surface area (Å²) in [5.41, 5.74) is 0.751. The van der Waals surface area contributed by atoms with Gasteiger partial charge in [0.25, 0.3) is 0 Å². The van der Waals surface area contributed by atoms with Gasteiger partial charge in [-0.1, -0.05) is 78.1 Å². The van der Waals surface area contributed by atoms with Crippen LogP contribution in [0.2, 0.25) is 0 Å². The number of rotatable bonds is 5. The molecule has 0 heterocycles. The van der Waals surface area contributed by atoms with Crippen molar-refractivity contribution in [2.24, 2.45) is 17.3 Å². The van der Waals surface area contributed by atoms with E-state index in [9.17, 15) is 0 Å². The van der Waals surface area contributed by atoms with Crippen LogP contribution in [-0.2, 0) is 0 Å². The van der Waals surface area contributed by atoms with Crippen LogP contribution in [0.5, 0.6) is 0 Å². The smallest absolute Gasteiger partial charge is 0.0300 e. The summed E-state index contributed by atoms with van der Waals surface area (Å²) < 4.78 is 0. The van der Waals surface area contributed by atoms with Gasteiger partial charge in [0.2, 0.25) is 0 Å². The van der Waals surface area contributed by atoms with E-state index in [0.717, 1.165) is 17.3 Å². The first-order valence-electron chi connectivity index (χ1n) is 8.74. The SMILES string of the molecule is CCC1(CCCC2CCCCC2)CCC(C)CC1. The first kappa shape index (κ1) is 14.4. The van der Waals surface area contributed by atoms with Crippen LogP contribution in [0.1, 0.15) is 97.3 Å². The fraction of sp³-hybridized carbons (Fsp3) is 1.00. The second-order valence-electron chi connectivity index (χ2n) is 7.43. The zero-order valence-corrected chi connectivity index (χ0v) is 12.8. The summed E-state index contributed by atoms with van der Waals surface area (Å²) in [6.45, 7) is 4.89. The van der Waals surface area contributed by atoms with Gasteiger partial charge in [-0.25, -0.2) is 0 Å². The minimum atomic E-state index is 0.751. The lowest BCUT2D eigenvalue weighted by atomic mass is 9.66. The van der Waals surface area contributed by atoms with E-state index in [2.05, 4.69) is 13.8 Å². The van der Waals surface area contributed by atoms with E-state index in [-0.39, 0.29) is 0 Å². The quantitative estimate of drug-likeness (QED) is 0.534. The molecule has 2 saturated carbocycles. The monoisotopic (exact) mass is 250 g/mol. The molecule has 0 heteroatoms. The van der Waals surface area contributed by atoms with E-state index < -0.39 is 0 Å². The van der Waals surface area contributed by atoms with Gasteiger partial charge in [0.15, 0.2) is 0 Å². The third-order valence-corrected chi connectivity index (χ3v) is 6.13. The molecule has 0 aliphatic heterocycles. The summed E-state index contributed by atoms with van der Waals surface area (Å²) >= 11 is 0. The predicted octanol–water partition coefficient (Wildman–Crippen LogP) is 6.34. The Bertz CT molecular complexity index is 216. The van der Waals surface area contributed by atoms with Crippen molar-refractivity contribution in [1.29, 1.82) is 0 Å². The molecule has 2 aliphatic carbocycles. The van der Waals surface area contributed by atoms with Crippen molar-refractivity contribution in [3.8, 4) is 0 Å². The lowest BCUT2D eigenvalue weighted by Gasteiger charge is -2.39. The second-order valence-corrected chi connectivity index (χ2v) is 7.43. The van der Waals surface area contributed by atoms with E-state index in [1.54, 1.807) is 0 Å². The molecule has 0 aromatic carbocycles. The average molecular weight is 250 g/mol. The Morgan fingerprint density at radius 2 is 1.61 bits per heavy atom. The van der Waals surface area contributed by atoms with E-state index >= 15 is 0 Å². The Morgan fingerprint density at radius 1 is 0.944 bits per heavy atom. The van der Waals surface area contributed by atoms with E-state index in [4.69, 9.17) is 0 Å². The van der Waals surface area contributed by atoms with Crippen molar-refractivity contribution in [2.75, 3.05) is 0 Å². The zero-order valence-electron chi connectivity index (χ0n) is 12.8. The molecule has 0 radical (unpaired) electrons. The van der Waals surface area contributed by atoms with Gasteiger partial charge in [-0.15, -0.1) is 0 Å². The first-order chi connectivity index (χ1) is 8.74. The van der Waals surface area contributed by atoms with Crippen LogP contribution < -0.4 is 0 Å². The normalized spacial score (nSPS) is 34.7. The molecule has 0 unspecified atom stereocenters.